The predicted octanol–water partition coefficient (Wildman–Crippen LogP) is 3.70. The molecule has 42 heavy (non-hydrogen) atoms. The lowest BCUT2D eigenvalue weighted by Crippen LogP contribution is -2.39. The van der Waals surface area contributed by atoms with E-state index in [-0.39, 0.29) is 29.9 Å². The number of carbonyl (C=O) groups is 1. The predicted molar refractivity (Wildman–Crippen MR) is 156 cm³/mol. The number of nitrogens with one attached hydrogen (secondary N) is 2. The van der Waals surface area contributed by atoms with Gasteiger partial charge in [-0.15, -0.1) is 0 Å². The average molecular weight is 570 g/mol. The number of amides is 1. The molecule has 0 atom stereocenters. The molecule has 216 valence electrons. The number of anilines is 4. The summed E-state index contributed by atoms with van der Waals surface area (Å²) < 4.78 is 17.2. The summed E-state index contributed by atoms with van der Waals surface area (Å²) in [6, 6.07) is 9.07. The van der Waals surface area contributed by atoms with E-state index < -0.39 is 11.7 Å². The van der Waals surface area contributed by atoms with E-state index in [1.165, 1.54) is 11.0 Å². The molecule has 12 heteroatoms. The summed E-state index contributed by atoms with van der Waals surface area (Å²) in [4.78, 5) is 28.3. The number of nitrogens with two attached hydrogens (primary N) is 1. The third-order valence-electron chi connectivity index (χ3n) is 8.34. The summed E-state index contributed by atoms with van der Waals surface area (Å²) in [6.45, 7) is 1.89. The van der Waals surface area contributed by atoms with Crippen LogP contribution in [-0.2, 0) is 13.0 Å². The zero-order valence-corrected chi connectivity index (χ0v) is 23.1. The Hall–Kier alpha value is -4.42. The molecule has 2 aliphatic heterocycles. The van der Waals surface area contributed by atoms with E-state index in [1.54, 1.807) is 24.4 Å². The number of aromatic nitrogens is 5. The lowest BCUT2D eigenvalue weighted by Gasteiger charge is -2.31. The van der Waals surface area contributed by atoms with Crippen LogP contribution in [0, 0.1) is 5.82 Å². The Bertz CT molecular complexity index is 1660. The molecule has 11 nitrogen and oxygen atoms in total. The number of nitrogen functional groups attached to an aromatic ring is 1. The van der Waals surface area contributed by atoms with Crippen LogP contribution in [0.3, 0.4) is 0 Å². The minimum absolute atomic E-state index is 0.000876. The number of hydrogen-bond acceptors (Lipinski definition) is 9. The number of benzene rings is 2. The van der Waals surface area contributed by atoms with E-state index in [0.717, 1.165) is 49.9 Å². The van der Waals surface area contributed by atoms with Gasteiger partial charge in [-0.3, -0.25) is 9.48 Å². The minimum atomic E-state index is -0.491. The standard InChI is InChI=1S/C30H32FN9O2/c31-24-13-19(17-4-5-17)12-18-8-11-39(28(42)26(18)24)25-3-1-2-22(23(25)16-41)27-36-29(32)38-30(37-27)35-20-14-34-40(15-20)21-6-9-33-10-7-21/h1-3,12-15,17,21,33,41H,4-11,16H2,(H3,32,35,36,37,38). The lowest BCUT2D eigenvalue weighted by atomic mass is 9.93. The van der Waals surface area contributed by atoms with Crippen LogP contribution in [0.1, 0.15) is 64.7 Å². The van der Waals surface area contributed by atoms with Gasteiger partial charge in [-0.05, 0) is 74.4 Å². The first kappa shape index (κ1) is 26.5. The second kappa shape index (κ2) is 10.8. The van der Waals surface area contributed by atoms with Crippen molar-refractivity contribution < 1.29 is 14.3 Å². The number of rotatable bonds is 7. The zero-order valence-electron chi connectivity index (χ0n) is 23.1. The fraction of sp³-hybridized carbons (Fsp3) is 0.367. The molecule has 5 N–H and O–H groups in total. The molecule has 1 saturated heterocycles. The molecule has 0 unspecified atom stereocenters. The number of carbonyl (C=O) groups excluding carboxylic acids is 1. The van der Waals surface area contributed by atoms with Gasteiger partial charge in [0.1, 0.15) is 5.82 Å². The maximum atomic E-state index is 15.2. The highest BCUT2D eigenvalue weighted by Crippen LogP contribution is 2.42. The number of nitrogens with zero attached hydrogens (tertiary/aromatic N) is 6. The van der Waals surface area contributed by atoms with Gasteiger partial charge in [0, 0.05) is 23.9 Å². The minimum Gasteiger partial charge on any atom is -0.392 e. The van der Waals surface area contributed by atoms with Crippen LogP contribution in [-0.4, -0.2) is 55.4 Å². The molecule has 0 bridgehead atoms. The van der Waals surface area contributed by atoms with Crippen molar-refractivity contribution in [1.82, 2.24) is 30.0 Å². The Morgan fingerprint density at radius 3 is 2.74 bits per heavy atom. The first-order valence-electron chi connectivity index (χ1n) is 14.4. The number of halogens is 1. The van der Waals surface area contributed by atoms with Crippen LogP contribution >= 0.6 is 0 Å². The summed E-state index contributed by atoms with van der Waals surface area (Å²) in [6.07, 6.45) is 8.28. The molecular formula is C30H32FN9O2. The molecule has 4 aromatic rings. The molecule has 2 aromatic heterocycles. The first-order chi connectivity index (χ1) is 20.5. The van der Waals surface area contributed by atoms with Gasteiger partial charge in [-0.25, -0.2) is 4.39 Å². The van der Waals surface area contributed by atoms with E-state index in [9.17, 15) is 9.90 Å². The maximum Gasteiger partial charge on any atom is 0.261 e. The Morgan fingerprint density at radius 2 is 1.95 bits per heavy atom. The van der Waals surface area contributed by atoms with Crippen LogP contribution in [0.25, 0.3) is 11.4 Å². The van der Waals surface area contributed by atoms with Crippen LogP contribution < -0.4 is 21.3 Å². The molecule has 0 spiro atoms. The molecule has 0 radical (unpaired) electrons. The second-order valence-electron chi connectivity index (χ2n) is 11.1. The van der Waals surface area contributed by atoms with E-state index in [2.05, 4.69) is 30.7 Å². The third-order valence-corrected chi connectivity index (χ3v) is 8.34. The van der Waals surface area contributed by atoms with Crippen LogP contribution in [0.2, 0.25) is 0 Å². The van der Waals surface area contributed by atoms with Crippen LogP contribution in [0.15, 0.2) is 42.7 Å². The number of piperidine rings is 1. The van der Waals surface area contributed by atoms with Crippen molar-refractivity contribution in [2.75, 3.05) is 35.6 Å². The topological polar surface area (TPSA) is 147 Å². The fourth-order valence-electron chi connectivity index (χ4n) is 6.05. The molecule has 1 amide bonds. The largest absolute Gasteiger partial charge is 0.392 e. The van der Waals surface area contributed by atoms with Crippen molar-refractivity contribution in [3.8, 4) is 11.4 Å². The van der Waals surface area contributed by atoms with Gasteiger partial charge in [0.05, 0.1) is 35.8 Å². The normalized spacial score (nSPS) is 17.4. The highest BCUT2D eigenvalue weighted by atomic mass is 19.1. The summed E-state index contributed by atoms with van der Waals surface area (Å²) in [5, 5.41) is 21.5. The molecule has 4 heterocycles. The fourth-order valence-corrected chi connectivity index (χ4v) is 6.05. The Labute approximate surface area is 242 Å². The number of aliphatic hydroxyl groups excluding tert-OH is 1. The molecule has 3 aliphatic rings. The third kappa shape index (κ3) is 4.96. The smallest absolute Gasteiger partial charge is 0.261 e. The molecule has 1 aliphatic carbocycles. The van der Waals surface area contributed by atoms with E-state index in [0.29, 0.717) is 47.4 Å². The van der Waals surface area contributed by atoms with Gasteiger partial charge in [-0.1, -0.05) is 18.2 Å². The van der Waals surface area contributed by atoms with Gasteiger partial charge < -0.3 is 26.4 Å². The van der Waals surface area contributed by atoms with Crippen molar-refractivity contribution in [1.29, 1.82) is 0 Å². The van der Waals surface area contributed by atoms with Gasteiger partial charge >= 0.3 is 0 Å². The van der Waals surface area contributed by atoms with Gasteiger partial charge in [0.2, 0.25) is 11.9 Å². The Morgan fingerprint density at radius 1 is 1.12 bits per heavy atom. The van der Waals surface area contributed by atoms with Crippen molar-refractivity contribution in [3.05, 3.63) is 70.8 Å². The Balaban J connectivity index is 1.18. The van der Waals surface area contributed by atoms with Gasteiger partial charge in [-0.2, -0.15) is 20.1 Å². The van der Waals surface area contributed by atoms with Crippen LogP contribution in [0.4, 0.5) is 27.7 Å². The monoisotopic (exact) mass is 569 g/mol. The SMILES string of the molecule is Nc1nc(Nc2cnn(C3CCNCC3)c2)nc(-c2cccc(N3CCc4cc(C5CC5)cc(F)c4C3=O)c2CO)n1. The van der Waals surface area contributed by atoms with Crippen molar-refractivity contribution >= 4 is 29.2 Å². The second-order valence-corrected chi connectivity index (χ2v) is 11.1. The number of aliphatic hydroxyl groups is 1. The molecule has 7 rings (SSSR count). The van der Waals surface area contributed by atoms with Gasteiger partial charge in [0.25, 0.3) is 5.91 Å². The number of fused-ring (bicyclic) bond motifs is 1. The van der Waals surface area contributed by atoms with E-state index in [1.807, 2.05) is 16.9 Å². The Kier molecular flexibility index (Phi) is 6.79. The first-order valence-corrected chi connectivity index (χ1v) is 14.4. The summed E-state index contributed by atoms with van der Waals surface area (Å²) in [5.41, 5.74) is 10.0. The highest BCUT2D eigenvalue weighted by molar-refractivity contribution is 6.09. The summed E-state index contributed by atoms with van der Waals surface area (Å²) >= 11 is 0. The molecular weight excluding hydrogens is 537 g/mol. The summed E-state index contributed by atoms with van der Waals surface area (Å²) in [5.74, 6) is -0.0474. The lowest BCUT2D eigenvalue weighted by molar-refractivity contribution is 0.0976. The highest BCUT2D eigenvalue weighted by Gasteiger charge is 2.33. The zero-order chi connectivity index (χ0) is 28.8. The van der Waals surface area contributed by atoms with Crippen molar-refractivity contribution in [3.63, 3.8) is 0 Å². The molecule has 2 fully saturated rings. The van der Waals surface area contributed by atoms with E-state index >= 15 is 4.39 Å². The molecule has 2 aromatic carbocycles. The van der Waals surface area contributed by atoms with E-state index in [4.69, 9.17) is 5.73 Å². The maximum absolute atomic E-state index is 15.2. The molecule has 1 saturated carbocycles. The van der Waals surface area contributed by atoms with Crippen molar-refractivity contribution in [2.24, 2.45) is 0 Å². The van der Waals surface area contributed by atoms with Gasteiger partial charge in [0.15, 0.2) is 5.82 Å². The van der Waals surface area contributed by atoms with Crippen LogP contribution in [0.5, 0.6) is 0 Å². The summed E-state index contributed by atoms with van der Waals surface area (Å²) in [7, 11) is 0. The number of hydrogen-bond donors (Lipinski definition) is 4. The quantitative estimate of drug-likeness (QED) is 0.262. The average Bonchev–Trinajstić information content (AvgIpc) is 3.75. The van der Waals surface area contributed by atoms with Crippen molar-refractivity contribution in [2.45, 2.75) is 50.7 Å².